The molecule has 1 aliphatic heterocycles. The third kappa shape index (κ3) is 3.30. The van der Waals surface area contributed by atoms with Gasteiger partial charge in [0.15, 0.2) is 0 Å². The second-order valence-corrected chi connectivity index (χ2v) is 6.56. The fraction of sp³-hybridized carbons (Fsp3) is 0.500. The number of amides is 1. The van der Waals surface area contributed by atoms with Crippen LogP contribution in [0.15, 0.2) is 24.3 Å². The SMILES string of the molecule is CC(C)[C@H]1CN(C(=O)c2cccc([N+](=O)[O-])c2)CCS1. The van der Waals surface area contributed by atoms with Gasteiger partial charge in [-0.3, -0.25) is 14.9 Å². The largest absolute Gasteiger partial charge is 0.337 e. The number of benzene rings is 1. The highest BCUT2D eigenvalue weighted by atomic mass is 32.2. The van der Waals surface area contributed by atoms with Crippen LogP contribution >= 0.6 is 11.8 Å². The molecule has 1 aliphatic rings. The molecule has 2 rings (SSSR count). The molecule has 1 fully saturated rings. The quantitative estimate of drug-likeness (QED) is 0.635. The molecule has 1 aromatic carbocycles. The zero-order valence-electron chi connectivity index (χ0n) is 11.6. The molecule has 0 saturated carbocycles. The Balaban J connectivity index is 2.14. The van der Waals surface area contributed by atoms with Gasteiger partial charge in [-0.15, -0.1) is 0 Å². The first-order chi connectivity index (χ1) is 9.49. The minimum absolute atomic E-state index is 0.0392. The van der Waals surface area contributed by atoms with E-state index in [4.69, 9.17) is 0 Å². The van der Waals surface area contributed by atoms with Crippen LogP contribution in [-0.2, 0) is 0 Å². The van der Waals surface area contributed by atoms with Crippen molar-refractivity contribution >= 4 is 23.4 Å². The Bertz CT molecular complexity index is 519. The van der Waals surface area contributed by atoms with Gasteiger partial charge < -0.3 is 4.90 Å². The van der Waals surface area contributed by atoms with Gasteiger partial charge in [0.05, 0.1) is 4.92 Å². The maximum atomic E-state index is 12.4. The van der Waals surface area contributed by atoms with Crippen molar-refractivity contribution in [3.8, 4) is 0 Å². The molecule has 5 nitrogen and oxygen atoms in total. The first-order valence-corrected chi connectivity index (χ1v) is 7.69. The Morgan fingerprint density at radius 1 is 1.50 bits per heavy atom. The third-order valence-corrected chi connectivity index (χ3v) is 4.97. The summed E-state index contributed by atoms with van der Waals surface area (Å²) < 4.78 is 0. The van der Waals surface area contributed by atoms with Gasteiger partial charge in [0.25, 0.3) is 11.6 Å². The average Bonchev–Trinajstić information content (AvgIpc) is 2.46. The van der Waals surface area contributed by atoms with Gasteiger partial charge in [-0.1, -0.05) is 19.9 Å². The summed E-state index contributed by atoms with van der Waals surface area (Å²) in [5, 5.41) is 11.2. The maximum absolute atomic E-state index is 12.4. The standard InChI is InChI=1S/C14H18N2O3S/c1-10(2)13-9-15(6-7-20-13)14(17)11-4-3-5-12(8-11)16(18)19/h3-5,8,10,13H,6-7,9H2,1-2H3/t13-/m1/s1. The second kappa shape index (κ2) is 6.26. The number of nitrogens with zero attached hydrogens (tertiary/aromatic N) is 2. The molecule has 1 aromatic rings. The predicted molar refractivity (Wildman–Crippen MR) is 80.1 cm³/mol. The number of nitro benzene ring substituents is 1. The van der Waals surface area contributed by atoms with Crippen LogP contribution in [-0.4, -0.2) is 39.8 Å². The van der Waals surface area contributed by atoms with Crippen LogP contribution in [0.1, 0.15) is 24.2 Å². The summed E-state index contributed by atoms with van der Waals surface area (Å²) in [5.41, 5.74) is 0.358. The van der Waals surface area contributed by atoms with Gasteiger partial charge in [-0.05, 0) is 12.0 Å². The second-order valence-electron chi connectivity index (χ2n) is 5.21. The van der Waals surface area contributed by atoms with E-state index in [0.29, 0.717) is 29.8 Å². The van der Waals surface area contributed by atoms with Crippen molar-refractivity contribution in [3.05, 3.63) is 39.9 Å². The lowest BCUT2D eigenvalue weighted by atomic mass is 10.1. The molecule has 1 heterocycles. The minimum Gasteiger partial charge on any atom is -0.337 e. The van der Waals surface area contributed by atoms with Gasteiger partial charge in [0.2, 0.25) is 0 Å². The lowest BCUT2D eigenvalue weighted by Gasteiger charge is -2.34. The Morgan fingerprint density at radius 2 is 2.25 bits per heavy atom. The van der Waals surface area contributed by atoms with Crippen LogP contribution < -0.4 is 0 Å². The van der Waals surface area contributed by atoms with Crippen molar-refractivity contribution in [2.75, 3.05) is 18.8 Å². The molecule has 0 aromatic heterocycles. The number of carbonyl (C=O) groups is 1. The summed E-state index contributed by atoms with van der Waals surface area (Å²) in [5.74, 6) is 1.32. The number of carbonyl (C=O) groups excluding carboxylic acids is 1. The summed E-state index contributed by atoms with van der Waals surface area (Å²) in [7, 11) is 0. The van der Waals surface area contributed by atoms with E-state index in [9.17, 15) is 14.9 Å². The van der Waals surface area contributed by atoms with Gasteiger partial charge >= 0.3 is 0 Å². The number of non-ortho nitro benzene ring substituents is 1. The minimum atomic E-state index is -0.472. The zero-order chi connectivity index (χ0) is 14.7. The zero-order valence-corrected chi connectivity index (χ0v) is 12.4. The molecule has 108 valence electrons. The van der Waals surface area contributed by atoms with E-state index in [2.05, 4.69) is 13.8 Å². The van der Waals surface area contributed by atoms with E-state index in [1.165, 1.54) is 12.1 Å². The summed E-state index contributed by atoms with van der Waals surface area (Å²) in [4.78, 5) is 24.5. The van der Waals surface area contributed by atoms with Crippen LogP contribution in [0.3, 0.4) is 0 Å². The molecule has 0 aliphatic carbocycles. The van der Waals surface area contributed by atoms with Crippen LogP contribution in [0, 0.1) is 16.0 Å². The summed E-state index contributed by atoms with van der Waals surface area (Å²) in [6, 6.07) is 5.96. The summed E-state index contributed by atoms with van der Waals surface area (Å²) in [6.07, 6.45) is 0. The molecule has 1 saturated heterocycles. The van der Waals surface area contributed by atoms with Crippen molar-refractivity contribution in [2.24, 2.45) is 5.92 Å². The molecule has 0 radical (unpaired) electrons. The molecule has 1 atom stereocenters. The van der Waals surface area contributed by atoms with Gasteiger partial charge in [-0.25, -0.2) is 0 Å². The van der Waals surface area contributed by atoms with Crippen LogP contribution in [0.4, 0.5) is 5.69 Å². The molecule has 20 heavy (non-hydrogen) atoms. The Kier molecular flexibility index (Phi) is 4.65. The highest BCUT2D eigenvalue weighted by Gasteiger charge is 2.27. The number of hydrogen-bond donors (Lipinski definition) is 0. The smallest absolute Gasteiger partial charge is 0.270 e. The van der Waals surface area contributed by atoms with Crippen LogP contribution in [0.25, 0.3) is 0 Å². The Labute approximate surface area is 122 Å². The normalized spacial score (nSPS) is 19.1. The fourth-order valence-electron chi connectivity index (χ4n) is 2.20. The van der Waals surface area contributed by atoms with E-state index in [1.807, 2.05) is 11.8 Å². The monoisotopic (exact) mass is 294 g/mol. The van der Waals surface area contributed by atoms with Crippen LogP contribution in [0.2, 0.25) is 0 Å². The van der Waals surface area contributed by atoms with Crippen LogP contribution in [0.5, 0.6) is 0 Å². The average molecular weight is 294 g/mol. The lowest BCUT2D eigenvalue weighted by molar-refractivity contribution is -0.384. The Hall–Kier alpha value is -1.56. The van der Waals surface area contributed by atoms with Crippen molar-refractivity contribution in [1.29, 1.82) is 0 Å². The highest BCUT2D eigenvalue weighted by Crippen LogP contribution is 2.26. The van der Waals surface area contributed by atoms with E-state index < -0.39 is 4.92 Å². The van der Waals surface area contributed by atoms with E-state index >= 15 is 0 Å². The lowest BCUT2D eigenvalue weighted by Crippen LogP contribution is -2.43. The number of thioether (sulfide) groups is 1. The number of hydrogen-bond acceptors (Lipinski definition) is 4. The van der Waals surface area contributed by atoms with Gasteiger partial charge in [-0.2, -0.15) is 11.8 Å². The van der Waals surface area contributed by atoms with Crippen molar-refractivity contribution in [2.45, 2.75) is 19.1 Å². The Morgan fingerprint density at radius 3 is 2.90 bits per heavy atom. The van der Waals surface area contributed by atoms with Gasteiger partial charge in [0, 0.05) is 41.8 Å². The molecule has 6 heteroatoms. The molecule has 0 N–H and O–H groups in total. The van der Waals surface area contributed by atoms with Crippen molar-refractivity contribution < 1.29 is 9.72 Å². The van der Waals surface area contributed by atoms with E-state index in [-0.39, 0.29) is 11.6 Å². The first kappa shape index (κ1) is 14.8. The molecule has 0 bridgehead atoms. The molecule has 0 spiro atoms. The molecule has 1 amide bonds. The number of rotatable bonds is 3. The van der Waals surface area contributed by atoms with Gasteiger partial charge in [0.1, 0.15) is 0 Å². The van der Waals surface area contributed by atoms with Crippen molar-refractivity contribution in [3.63, 3.8) is 0 Å². The summed E-state index contributed by atoms with van der Waals surface area (Å²) in [6.45, 7) is 5.72. The molecular formula is C14H18N2O3S. The highest BCUT2D eigenvalue weighted by molar-refractivity contribution is 8.00. The van der Waals surface area contributed by atoms with E-state index in [1.54, 1.807) is 17.0 Å². The fourth-order valence-corrected chi connectivity index (χ4v) is 3.50. The maximum Gasteiger partial charge on any atom is 0.270 e. The molecule has 0 unspecified atom stereocenters. The van der Waals surface area contributed by atoms with E-state index in [0.717, 1.165) is 5.75 Å². The summed E-state index contributed by atoms with van der Waals surface area (Å²) >= 11 is 1.89. The number of nitro groups is 1. The van der Waals surface area contributed by atoms with Crippen molar-refractivity contribution in [1.82, 2.24) is 4.90 Å². The first-order valence-electron chi connectivity index (χ1n) is 6.64. The predicted octanol–water partition coefficient (Wildman–Crippen LogP) is 2.81. The molecular weight excluding hydrogens is 276 g/mol. The third-order valence-electron chi connectivity index (χ3n) is 3.43. The topological polar surface area (TPSA) is 63.5 Å².